The van der Waals surface area contributed by atoms with Crippen molar-refractivity contribution in [2.24, 2.45) is 5.92 Å². The second-order valence-corrected chi connectivity index (χ2v) is 6.08. The van der Waals surface area contributed by atoms with Crippen LogP contribution in [0.1, 0.15) is 46.0 Å². The van der Waals surface area contributed by atoms with E-state index in [4.69, 9.17) is 5.11 Å². The Kier molecular flexibility index (Phi) is 5.22. The average molecular weight is 268 g/mol. The van der Waals surface area contributed by atoms with E-state index in [2.05, 4.69) is 23.6 Å². The fourth-order valence-electron chi connectivity index (χ4n) is 3.96. The Bertz CT molecular complexity index is 291. The molecule has 2 bridgehead atoms. The summed E-state index contributed by atoms with van der Waals surface area (Å²) < 4.78 is 0. The SMILES string of the molecule is CCN(CC)CCN1C2CCC1CC(CC(=O)O)C2. The molecule has 2 aliphatic rings. The minimum Gasteiger partial charge on any atom is -0.481 e. The first-order valence-electron chi connectivity index (χ1n) is 7.83. The predicted molar refractivity (Wildman–Crippen MR) is 76.3 cm³/mol. The molecule has 1 N–H and O–H groups in total. The van der Waals surface area contributed by atoms with E-state index >= 15 is 0 Å². The van der Waals surface area contributed by atoms with Gasteiger partial charge in [-0.25, -0.2) is 0 Å². The highest BCUT2D eigenvalue weighted by atomic mass is 16.4. The molecule has 2 atom stereocenters. The summed E-state index contributed by atoms with van der Waals surface area (Å²) in [6.45, 7) is 9.01. The van der Waals surface area contributed by atoms with Crippen LogP contribution in [-0.4, -0.2) is 59.1 Å². The van der Waals surface area contributed by atoms with Crippen molar-refractivity contribution in [2.75, 3.05) is 26.2 Å². The third-order valence-electron chi connectivity index (χ3n) is 5.01. The van der Waals surface area contributed by atoms with Crippen LogP contribution >= 0.6 is 0 Å². The number of aliphatic carboxylic acids is 1. The summed E-state index contributed by atoms with van der Waals surface area (Å²) in [5.74, 6) is -0.208. The highest BCUT2D eigenvalue weighted by molar-refractivity contribution is 5.67. The molecule has 2 saturated heterocycles. The Labute approximate surface area is 116 Å². The monoisotopic (exact) mass is 268 g/mol. The Morgan fingerprint density at radius 3 is 2.26 bits per heavy atom. The molecule has 2 heterocycles. The summed E-state index contributed by atoms with van der Waals surface area (Å²) >= 11 is 0. The van der Waals surface area contributed by atoms with Gasteiger partial charge < -0.3 is 10.0 Å². The quantitative estimate of drug-likeness (QED) is 0.767. The van der Waals surface area contributed by atoms with E-state index in [-0.39, 0.29) is 0 Å². The molecule has 2 rings (SSSR count). The second kappa shape index (κ2) is 6.71. The number of likely N-dealkylation sites (N-methyl/N-ethyl adjacent to an activating group) is 1. The first kappa shape index (κ1) is 14.8. The Balaban J connectivity index is 1.83. The number of rotatable bonds is 7. The fraction of sp³-hybridized carbons (Fsp3) is 0.933. The summed E-state index contributed by atoms with van der Waals surface area (Å²) in [4.78, 5) is 16.0. The van der Waals surface area contributed by atoms with Crippen LogP contribution < -0.4 is 0 Å². The molecule has 19 heavy (non-hydrogen) atoms. The number of fused-ring (bicyclic) bond motifs is 2. The number of nitrogens with zero attached hydrogens (tertiary/aromatic N) is 2. The molecule has 0 amide bonds. The largest absolute Gasteiger partial charge is 0.481 e. The lowest BCUT2D eigenvalue weighted by Crippen LogP contribution is -2.46. The van der Waals surface area contributed by atoms with Crippen LogP contribution in [-0.2, 0) is 4.79 Å². The number of hydrogen-bond donors (Lipinski definition) is 1. The van der Waals surface area contributed by atoms with Gasteiger partial charge in [0.1, 0.15) is 0 Å². The van der Waals surface area contributed by atoms with Crippen molar-refractivity contribution >= 4 is 5.97 Å². The normalized spacial score (nSPS) is 31.0. The van der Waals surface area contributed by atoms with Crippen molar-refractivity contribution in [3.8, 4) is 0 Å². The first-order chi connectivity index (χ1) is 9.13. The zero-order chi connectivity index (χ0) is 13.8. The number of carboxylic acid groups (broad SMARTS) is 1. The highest BCUT2D eigenvalue weighted by Gasteiger charge is 2.40. The first-order valence-corrected chi connectivity index (χ1v) is 7.83. The van der Waals surface area contributed by atoms with Gasteiger partial charge in [-0.3, -0.25) is 9.69 Å². The lowest BCUT2D eigenvalue weighted by atomic mass is 9.88. The van der Waals surface area contributed by atoms with Gasteiger partial charge >= 0.3 is 5.97 Å². The maximum atomic E-state index is 10.9. The van der Waals surface area contributed by atoms with E-state index in [9.17, 15) is 4.79 Å². The van der Waals surface area contributed by atoms with Gasteiger partial charge in [0, 0.05) is 31.6 Å². The smallest absolute Gasteiger partial charge is 0.303 e. The molecule has 0 radical (unpaired) electrons. The zero-order valence-corrected chi connectivity index (χ0v) is 12.3. The zero-order valence-electron chi connectivity index (χ0n) is 12.3. The van der Waals surface area contributed by atoms with Gasteiger partial charge in [-0.15, -0.1) is 0 Å². The molecule has 0 aromatic heterocycles. The summed E-state index contributed by atoms with van der Waals surface area (Å²) in [5, 5.41) is 8.94. The van der Waals surface area contributed by atoms with Crippen LogP contribution in [0.3, 0.4) is 0 Å². The second-order valence-electron chi connectivity index (χ2n) is 6.08. The Morgan fingerprint density at radius 1 is 1.21 bits per heavy atom. The molecule has 0 aromatic rings. The molecule has 4 heteroatoms. The molecule has 0 aromatic carbocycles. The van der Waals surface area contributed by atoms with E-state index in [1.807, 2.05) is 0 Å². The fourth-order valence-corrected chi connectivity index (χ4v) is 3.96. The molecule has 0 spiro atoms. The van der Waals surface area contributed by atoms with Crippen molar-refractivity contribution in [1.82, 2.24) is 9.80 Å². The maximum Gasteiger partial charge on any atom is 0.303 e. The van der Waals surface area contributed by atoms with Crippen LogP contribution in [0.25, 0.3) is 0 Å². The standard InChI is InChI=1S/C15H28N2O2/c1-3-16(4-2)7-8-17-13-5-6-14(17)10-12(9-13)11-15(18)19/h12-14H,3-11H2,1-2H3,(H,18,19). The lowest BCUT2D eigenvalue weighted by Gasteiger charge is -2.39. The Morgan fingerprint density at radius 2 is 1.79 bits per heavy atom. The molecule has 2 aliphatic heterocycles. The number of carbonyl (C=O) groups is 1. The Hall–Kier alpha value is -0.610. The van der Waals surface area contributed by atoms with E-state index < -0.39 is 5.97 Å². The van der Waals surface area contributed by atoms with Gasteiger partial charge in [-0.2, -0.15) is 0 Å². The third-order valence-corrected chi connectivity index (χ3v) is 5.01. The topological polar surface area (TPSA) is 43.8 Å². The van der Waals surface area contributed by atoms with Crippen molar-refractivity contribution < 1.29 is 9.90 Å². The molecule has 0 aliphatic carbocycles. The summed E-state index contributed by atoms with van der Waals surface area (Å²) in [6.07, 6.45) is 5.12. The van der Waals surface area contributed by atoms with E-state index in [1.54, 1.807) is 0 Å². The van der Waals surface area contributed by atoms with E-state index in [1.165, 1.54) is 12.8 Å². The van der Waals surface area contributed by atoms with Gasteiger partial charge in [0.15, 0.2) is 0 Å². The van der Waals surface area contributed by atoms with Crippen LogP contribution in [0.2, 0.25) is 0 Å². The van der Waals surface area contributed by atoms with Gasteiger partial charge in [-0.05, 0) is 44.7 Å². The van der Waals surface area contributed by atoms with Crippen molar-refractivity contribution in [1.29, 1.82) is 0 Å². The third kappa shape index (κ3) is 3.69. The predicted octanol–water partition coefficient (Wildman–Crippen LogP) is 2.05. The molecule has 0 saturated carbocycles. The molecular formula is C15H28N2O2. The summed E-state index contributed by atoms with van der Waals surface area (Å²) in [6, 6.07) is 1.30. The molecule has 2 fully saturated rings. The van der Waals surface area contributed by atoms with E-state index in [0.29, 0.717) is 24.4 Å². The van der Waals surface area contributed by atoms with Gasteiger partial charge in [0.25, 0.3) is 0 Å². The van der Waals surface area contributed by atoms with Crippen molar-refractivity contribution in [3.05, 3.63) is 0 Å². The van der Waals surface area contributed by atoms with Gasteiger partial charge in [-0.1, -0.05) is 13.8 Å². The number of hydrogen-bond acceptors (Lipinski definition) is 3. The van der Waals surface area contributed by atoms with Crippen LogP contribution in [0.4, 0.5) is 0 Å². The summed E-state index contributed by atoms with van der Waals surface area (Å²) in [5.41, 5.74) is 0. The molecule has 110 valence electrons. The number of carboxylic acids is 1. The minimum absolute atomic E-state index is 0.372. The van der Waals surface area contributed by atoms with Gasteiger partial charge in [0.2, 0.25) is 0 Å². The van der Waals surface area contributed by atoms with Crippen molar-refractivity contribution in [3.63, 3.8) is 0 Å². The molecular weight excluding hydrogens is 240 g/mol. The molecule has 4 nitrogen and oxygen atoms in total. The van der Waals surface area contributed by atoms with E-state index in [0.717, 1.165) is 39.0 Å². The minimum atomic E-state index is -0.624. The maximum absolute atomic E-state index is 10.9. The van der Waals surface area contributed by atoms with Crippen LogP contribution in [0, 0.1) is 5.92 Å². The highest BCUT2D eigenvalue weighted by Crippen LogP contribution is 2.39. The molecule has 2 unspecified atom stereocenters. The summed E-state index contributed by atoms with van der Waals surface area (Å²) in [7, 11) is 0. The number of piperidine rings is 1. The average Bonchev–Trinajstić information content (AvgIpc) is 2.61. The van der Waals surface area contributed by atoms with Crippen molar-refractivity contribution in [2.45, 2.75) is 58.0 Å². The van der Waals surface area contributed by atoms with Crippen LogP contribution in [0.5, 0.6) is 0 Å². The van der Waals surface area contributed by atoms with Gasteiger partial charge in [0.05, 0.1) is 0 Å². The van der Waals surface area contributed by atoms with Crippen LogP contribution in [0.15, 0.2) is 0 Å². The lowest BCUT2D eigenvalue weighted by molar-refractivity contribution is -0.138.